The van der Waals surface area contributed by atoms with Gasteiger partial charge in [-0.3, -0.25) is 0 Å². The minimum absolute atomic E-state index is 0.0702. The average Bonchev–Trinajstić information content (AvgIpc) is 2.44. The molecule has 0 amide bonds. The molecule has 0 bridgehead atoms. The summed E-state index contributed by atoms with van der Waals surface area (Å²) in [4.78, 5) is 0. The summed E-state index contributed by atoms with van der Waals surface area (Å²) in [5.41, 5.74) is 0.890. The molecule has 0 aromatic heterocycles. The lowest BCUT2D eigenvalue weighted by atomic mass is 9.97. The Balaban J connectivity index is 2.30. The molecule has 0 aliphatic carbocycles. The molecule has 1 aromatic carbocycles. The van der Waals surface area contributed by atoms with Crippen molar-refractivity contribution in [3.05, 3.63) is 23.8 Å². The maximum absolute atomic E-state index is 11.8. The number of hydrogen-bond donors (Lipinski definition) is 1. The van der Waals surface area contributed by atoms with Crippen LogP contribution in [0.3, 0.4) is 0 Å². The highest BCUT2D eigenvalue weighted by atomic mass is 32.2. The topological polar surface area (TPSA) is 64.6 Å². The molecule has 1 N–H and O–H groups in total. The third kappa shape index (κ3) is 3.43. The van der Waals surface area contributed by atoms with E-state index in [4.69, 9.17) is 9.47 Å². The fraction of sp³-hybridized carbons (Fsp3) is 0.571. The molecule has 1 aliphatic heterocycles. The number of hydrogen-bond acceptors (Lipinski definition) is 4. The third-order valence-corrected chi connectivity index (χ3v) is 4.65. The fourth-order valence-corrected chi connectivity index (χ4v) is 3.08. The van der Waals surface area contributed by atoms with Crippen molar-refractivity contribution in [2.45, 2.75) is 26.8 Å². The van der Waals surface area contributed by atoms with Gasteiger partial charge in [-0.05, 0) is 30.5 Å². The molecule has 2 rings (SSSR count). The predicted molar refractivity (Wildman–Crippen MR) is 77.6 cm³/mol. The third-order valence-electron chi connectivity index (χ3n) is 3.28. The van der Waals surface area contributed by atoms with Gasteiger partial charge in [-0.2, -0.15) is 0 Å². The Bertz CT molecular complexity index is 569. The van der Waals surface area contributed by atoms with Gasteiger partial charge < -0.3 is 9.47 Å². The van der Waals surface area contributed by atoms with Crippen LogP contribution in [-0.4, -0.2) is 27.4 Å². The van der Waals surface area contributed by atoms with E-state index in [0.29, 0.717) is 24.7 Å². The van der Waals surface area contributed by atoms with Crippen molar-refractivity contribution >= 4 is 10.0 Å². The summed E-state index contributed by atoms with van der Waals surface area (Å²) >= 11 is 0. The molecule has 0 spiro atoms. The molecule has 0 fully saturated rings. The molecule has 1 unspecified atom stereocenters. The Kier molecular flexibility index (Phi) is 4.55. The number of benzene rings is 1. The van der Waals surface area contributed by atoms with E-state index in [2.05, 4.69) is 4.72 Å². The molecule has 0 saturated carbocycles. The van der Waals surface area contributed by atoms with Crippen LogP contribution in [-0.2, 0) is 10.0 Å². The average molecular weight is 299 g/mol. The summed E-state index contributed by atoms with van der Waals surface area (Å²) in [5.74, 6) is 1.59. The molecular formula is C14H21NO4S. The standard InChI is InChI=1S/C14H21NO4S/c1-4-20(16,17)15-14(10(2)3)11-5-6-12-13(9-11)19-8-7-18-12/h5-6,9-10,14-15H,4,7-8H2,1-3H3. The monoisotopic (exact) mass is 299 g/mol. The number of rotatable bonds is 5. The minimum atomic E-state index is -3.26. The Morgan fingerprint density at radius 3 is 2.45 bits per heavy atom. The summed E-state index contributed by atoms with van der Waals surface area (Å²) in [6, 6.07) is 5.31. The lowest BCUT2D eigenvalue weighted by Gasteiger charge is -2.25. The van der Waals surface area contributed by atoms with E-state index in [1.165, 1.54) is 0 Å². The fourth-order valence-electron chi connectivity index (χ4n) is 2.12. The molecule has 5 nitrogen and oxygen atoms in total. The first-order valence-corrected chi connectivity index (χ1v) is 8.47. The van der Waals surface area contributed by atoms with Gasteiger partial charge in [-0.1, -0.05) is 19.9 Å². The van der Waals surface area contributed by atoms with E-state index < -0.39 is 10.0 Å². The molecule has 1 aromatic rings. The number of fused-ring (bicyclic) bond motifs is 1. The summed E-state index contributed by atoms with van der Waals surface area (Å²) < 4.78 is 37.4. The van der Waals surface area contributed by atoms with Crippen molar-refractivity contribution < 1.29 is 17.9 Å². The van der Waals surface area contributed by atoms with E-state index in [-0.39, 0.29) is 17.7 Å². The number of sulfonamides is 1. The van der Waals surface area contributed by atoms with E-state index in [9.17, 15) is 8.42 Å². The normalized spacial score (nSPS) is 16.2. The largest absolute Gasteiger partial charge is 0.486 e. The molecule has 6 heteroatoms. The van der Waals surface area contributed by atoms with Crippen molar-refractivity contribution in [1.82, 2.24) is 4.72 Å². The van der Waals surface area contributed by atoms with Crippen LogP contribution in [0.2, 0.25) is 0 Å². The van der Waals surface area contributed by atoms with Crippen LogP contribution in [0.4, 0.5) is 0 Å². The second-order valence-electron chi connectivity index (χ2n) is 5.15. The smallest absolute Gasteiger partial charge is 0.211 e. The van der Waals surface area contributed by atoms with Crippen LogP contribution in [0.5, 0.6) is 11.5 Å². The predicted octanol–water partition coefficient (Wildman–Crippen LogP) is 2.09. The Morgan fingerprint density at radius 1 is 1.20 bits per heavy atom. The highest BCUT2D eigenvalue weighted by Crippen LogP contribution is 2.34. The summed E-state index contributed by atoms with van der Waals surface area (Å²) in [6.07, 6.45) is 0. The zero-order chi connectivity index (χ0) is 14.8. The first-order valence-electron chi connectivity index (χ1n) is 6.82. The Labute approximate surface area is 120 Å². The first kappa shape index (κ1) is 15.1. The van der Waals surface area contributed by atoms with E-state index >= 15 is 0 Å². The maximum atomic E-state index is 11.8. The van der Waals surface area contributed by atoms with Crippen LogP contribution >= 0.6 is 0 Å². The molecule has 112 valence electrons. The molecule has 0 saturated heterocycles. The van der Waals surface area contributed by atoms with E-state index in [0.717, 1.165) is 5.56 Å². The Morgan fingerprint density at radius 2 is 1.85 bits per heavy atom. The highest BCUT2D eigenvalue weighted by Gasteiger charge is 2.23. The zero-order valence-corrected chi connectivity index (χ0v) is 12.9. The van der Waals surface area contributed by atoms with Gasteiger partial charge in [0.05, 0.1) is 5.75 Å². The van der Waals surface area contributed by atoms with Gasteiger partial charge in [0.2, 0.25) is 10.0 Å². The second kappa shape index (κ2) is 6.01. The van der Waals surface area contributed by atoms with Gasteiger partial charge in [-0.15, -0.1) is 0 Å². The lowest BCUT2D eigenvalue weighted by molar-refractivity contribution is 0.171. The van der Waals surface area contributed by atoms with Crippen LogP contribution in [0.1, 0.15) is 32.4 Å². The van der Waals surface area contributed by atoms with Gasteiger partial charge in [0.15, 0.2) is 11.5 Å². The van der Waals surface area contributed by atoms with E-state index in [1.54, 1.807) is 6.92 Å². The molecule has 0 radical (unpaired) electrons. The quantitative estimate of drug-likeness (QED) is 0.904. The van der Waals surface area contributed by atoms with Crippen molar-refractivity contribution in [1.29, 1.82) is 0 Å². The molecule has 1 atom stereocenters. The van der Waals surface area contributed by atoms with Crippen molar-refractivity contribution in [3.8, 4) is 11.5 Å². The van der Waals surface area contributed by atoms with Crippen LogP contribution in [0, 0.1) is 5.92 Å². The molecular weight excluding hydrogens is 278 g/mol. The SMILES string of the molecule is CCS(=O)(=O)NC(c1ccc2c(c1)OCCO2)C(C)C. The van der Waals surface area contributed by atoms with E-state index in [1.807, 2.05) is 32.0 Å². The summed E-state index contributed by atoms with van der Waals surface area (Å²) in [7, 11) is -3.26. The van der Waals surface area contributed by atoms with Gasteiger partial charge in [-0.25, -0.2) is 13.1 Å². The Hall–Kier alpha value is -1.27. The molecule has 1 heterocycles. The van der Waals surface area contributed by atoms with Gasteiger partial charge in [0, 0.05) is 6.04 Å². The number of nitrogens with one attached hydrogen (secondary N) is 1. The number of ether oxygens (including phenoxy) is 2. The summed E-state index contributed by atoms with van der Waals surface area (Å²) in [5, 5.41) is 0. The van der Waals surface area contributed by atoms with Crippen LogP contribution in [0.25, 0.3) is 0 Å². The van der Waals surface area contributed by atoms with Crippen molar-refractivity contribution in [3.63, 3.8) is 0 Å². The highest BCUT2D eigenvalue weighted by molar-refractivity contribution is 7.89. The molecule has 20 heavy (non-hydrogen) atoms. The minimum Gasteiger partial charge on any atom is -0.486 e. The van der Waals surface area contributed by atoms with Gasteiger partial charge >= 0.3 is 0 Å². The van der Waals surface area contributed by atoms with Crippen molar-refractivity contribution in [2.24, 2.45) is 5.92 Å². The van der Waals surface area contributed by atoms with Crippen LogP contribution < -0.4 is 14.2 Å². The lowest BCUT2D eigenvalue weighted by Crippen LogP contribution is -2.33. The van der Waals surface area contributed by atoms with Gasteiger partial charge in [0.25, 0.3) is 0 Å². The van der Waals surface area contributed by atoms with Crippen molar-refractivity contribution in [2.75, 3.05) is 19.0 Å². The zero-order valence-electron chi connectivity index (χ0n) is 12.0. The maximum Gasteiger partial charge on any atom is 0.211 e. The van der Waals surface area contributed by atoms with Crippen LogP contribution in [0.15, 0.2) is 18.2 Å². The first-order chi connectivity index (χ1) is 9.43. The second-order valence-corrected chi connectivity index (χ2v) is 7.19. The molecule has 1 aliphatic rings. The summed E-state index contributed by atoms with van der Waals surface area (Å²) in [6.45, 7) is 6.66. The van der Waals surface area contributed by atoms with Gasteiger partial charge in [0.1, 0.15) is 13.2 Å².